The van der Waals surface area contributed by atoms with Crippen LogP contribution in [0.5, 0.6) is 0 Å². The third-order valence-corrected chi connectivity index (χ3v) is 2.82. The third-order valence-electron chi connectivity index (χ3n) is 2.82. The number of allylic oxidation sites excluding steroid dienone is 1. The number of rotatable bonds is 1. The largest absolute Gasteiger partial charge is 0.490 e. The number of hydrogen-bond donors (Lipinski definition) is 2. The van der Waals surface area contributed by atoms with Crippen LogP contribution in [0, 0.1) is 0 Å². The van der Waals surface area contributed by atoms with Crippen LogP contribution in [-0.2, 0) is 0 Å². The molecule has 1 aliphatic rings. The fraction of sp³-hybridized carbons (Fsp3) is 0.385. The normalized spacial score (nSPS) is 13.3. The summed E-state index contributed by atoms with van der Waals surface area (Å²) in [5.74, 6) is 0. The number of hydrogen-bond acceptors (Lipinski definition) is 3. The smallest absolute Gasteiger partial charge is 0.423 e. The molecule has 0 fully saturated rings. The fourth-order valence-electron chi connectivity index (χ4n) is 1.99. The molecular weight excluding hydrogens is 213 g/mol. The van der Waals surface area contributed by atoms with Crippen LogP contribution in [0.4, 0.5) is 5.69 Å². The van der Waals surface area contributed by atoms with Crippen molar-refractivity contribution in [3.63, 3.8) is 0 Å². The van der Waals surface area contributed by atoms with E-state index in [0.717, 1.165) is 17.8 Å². The highest BCUT2D eigenvalue weighted by molar-refractivity contribution is 6.60. The Hall–Kier alpha value is -1.26. The van der Waals surface area contributed by atoms with Gasteiger partial charge in [-0.1, -0.05) is 38.1 Å². The summed E-state index contributed by atoms with van der Waals surface area (Å²) >= 11 is 0. The average molecular weight is 233 g/mol. The summed E-state index contributed by atoms with van der Waals surface area (Å²) in [5, 5.41) is 18.6. The summed E-state index contributed by atoms with van der Waals surface area (Å²) in [5.41, 5.74) is 3.76. The molecule has 1 aromatic carbocycles. The third kappa shape index (κ3) is 2.71. The maximum absolute atomic E-state index is 9.29. The minimum Gasteiger partial charge on any atom is -0.423 e. The topological polar surface area (TPSA) is 43.7 Å². The second-order valence-electron chi connectivity index (χ2n) is 3.88. The minimum absolute atomic E-state index is 0.572. The Balaban J connectivity index is 0.000000686. The molecule has 92 valence electrons. The SMILES string of the molecule is CC.CC1=CCN(C)c2c(B(O)O)cccc21. The van der Waals surface area contributed by atoms with E-state index in [2.05, 4.69) is 6.08 Å². The zero-order valence-corrected chi connectivity index (χ0v) is 10.9. The quantitative estimate of drug-likeness (QED) is 0.717. The molecule has 4 heteroatoms. The number of para-hydroxylation sites is 1. The van der Waals surface area contributed by atoms with Crippen molar-refractivity contribution >= 4 is 23.8 Å². The van der Waals surface area contributed by atoms with Crippen molar-refractivity contribution in [3.8, 4) is 0 Å². The fourth-order valence-corrected chi connectivity index (χ4v) is 1.99. The van der Waals surface area contributed by atoms with E-state index in [1.165, 1.54) is 5.57 Å². The Kier molecular flexibility index (Phi) is 4.79. The van der Waals surface area contributed by atoms with E-state index in [0.29, 0.717) is 5.46 Å². The van der Waals surface area contributed by atoms with Gasteiger partial charge < -0.3 is 14.9 Å². The van der Waals surface area contributed by atoms with Gasteiger partial charge in [0.15, 0.2) is 0 Å². The van der Waals surface area contributed by atoms with Crippen molar-refractivity contribution in [2.75, 3.05) is 18.5 Å². The highest BCUT2D eigenvalue weighted by atomic mass is 16.4. The molecular formula is C13H20BNO2. The Labute approximate surface area is 104 Å². The van der Waals surface area contributed by atoms with Crippen molar-refractivity contribution in [3.05, 3.63) is 29.8 Å². The van der Waals surface area contributed by atoms with Gasteiger partial charge in [0.2, 0.25) is 0 Å². The lowest BCUT2D eigenvalue weighted by atomic mass is 9.76. The van der Waals surface area contributed by atoms with Gasteiger partial charge in [0, 0.05) is 30.3 Å². The summed E-state index contributed by atoms with van der Waals surface area (Å²) < 4.78 is 0. The van der Waals surface area contributed by atoms with E-state index in [-0.39, 0.29) is 0 Å². The predicted octanol–water partition coefficient (Wildman–Crippen LogP) is 1.25. The van der Waals surface area contributed by atoms with Crippen LogP contribution < -0.4 is 10.4 Å². The zero-order valence-electron chi connectivity index (χ0n) is 10.9. The number of fused-ring (bicyclic) bond motifs is 1. The lowest BCUT2D eigenvalue weighted by molar-refractivity contribution is 0.426. The Morgan fingerprint density at radius 1 is 1.24 bits per heavy atom. The van der Waals surface area contributed by atoms with Gasteiger partial charge in [0.25, 0.3) is 0 Å². The van der Waals surface area contributed by atoms with Gasteiger partial charge in [-0.05, 0) is 12.5 Å². The van der Waals surface area contributed by atoms with Crippen LogP contribution >= 0.6 is 0 Å². The van der Waals surface area contributed by atoms with Crippen LogP contribution in [0.3, 0.4) is 0 Å². The molecule has 3 nitrogen and oxygen atoms in total. The molecule has 1 heterocycles. The van der Waals surface area contributed by atoms with E-state index in [9.17, 15) is 10.0 Å². The molecule has 0 radical (unpaired) electrons. The van der Waals surface area contributed by atoms with Crippen LogP contribution in [0.25, 0.3) is 5.57 Å². The number of benzene rings is 1. The molecule has 0 atom stereocenters. The van der Waals surface area contributed by atoms with Gasteiger partial charge in [-0.3, -0.25) is 0 Å². The first-order valence-electron chi connectivity index (χ1n) is 5.98. The van der Waals surface area contributed by atoms with Crippen LogP contribution in [0.1, 0.15) is 26.3 Å². The first-order valence-corrected chi connectivity index (χ1v) is 5.98. The molecule has 0 bridgehead atoms. The summed E-state index contributed by atoms with van der Waals surface area (Å²) in [7, 11) is 0.543. The lowest BCUT2D eigenvalue weighted by Crippen LogP contribution is -2.37. The average Bonchev–Trinajstić information content (AvgIpc) is 2.36. The van der Waals surface area contributed by atoms with Crippen molar-refractivity contribution in [1.29, 1.82) is 0 Å². The van der Waals surface area contributed by atoms with Gasteiger partial charge in [0.1, 0.15) is 0 Å². The minimum atomic E-state index is -1.41. The molecule has 0 unspecified atom stereocenters. The molecule has 17 heavy (non-hydrogen) atoms. The van der Waals surface area contributed by atoms with E-state index in [1.54, 1.807) is 6.07 Å². The van der Waals surface area contributed by atoms with E-state index in [4.69, 9.17) is 0 Å². The summed E-state index contributed by atoms with van der Waals surface area (Å²) in [6.07, 6.45) is 2.13. The Morgan fingerprint density at radius 3 is 2.47 bits per heavy atom. The molecule has 0 spiro atoms. The zero-order chi connectivity index (χ0) is 13.0. The second-order valence-corrected chi connectivity index (χ2v) is 3.88. The van der Waals surface area contributed by atoms with E-state index in [1.807, 2.05) is 44.9 Å². The van der Waals surface area contributed by atoms with Crippen molar-refractivity contribution in [1.82, 2.24) is 0 Å². The standard InChI is InChI=1S/C11H14BNO2.C2H6/c1-8-6-7-13(2)11-9(8)4-3-5-10(11)12(14)15;1-2/h3-6,14-15H,7H2,1-2H3;1-2H3. The number of anilines is 1. The highest BCUT2D eigenvalue weighted by Gasteiger charge is 2.23. The van der Waals surface area contributed by atoms with Crippen LogP contribution in [0.2, 0.25) is 0 Å². The first kappa shape index (κ1) is 13.8. The van der Waals surface area contributed by atoms with Gasteiger partial charge in [-0.2, -0.15) is 0 Å². The van der Waals surface area contributed by atoms with Crippen molar-refractivity contribution in [2.45, 2.75) is 20.8 Å². The maximum atomic E-state index is 9.29. The molecule has 0 amide bonds. The van der Waals surface area contributed by atoms with E-state index >= 15 is 0 Å². The molecule has 2 N–H and O–H groups in total. The molecule has 1 aromatic rings. The van der Waals surface area contributed by atoms with Gasteiger partial charge in [0.05, 0.1) is 0 Å². The maximum Gasteiger partial charge on any atom is 0.490 e. The number of likely N-dealkylation sites (N-methyl/N-ethyl adjacent to an activating group) is 1. The van der Waals surface area contributed by atoms with Gasteiger partial charge >= 0.3 is 7.12 Å². The molecule has 1 aliphatic heterocycles. The molecule has 0 saturated carbocycles. The Morgan fingerprint density at radius 2 is 1.88 bits per heavy atom. The van der Waals surface area contributed by atoms with Crippen LogP contribution in [0.15, 0.2) is 24.3 Å². The summed E-state index contributed by atoms with van der Waals surface area (Å²) in [6.45, 7) is 6.85. The molecule has 0 aromatic heterocycles. The second kappa shape index (κ2) is 5.89. The summed E-state index contributed by atoms with van der Waals surface area (Å²) in [4.78, 5) is 2.02. The molecule has 0 saturated heterocycles. The predicted molar refractivity (Wildman–Crippen MR) is 74.5 cm³/mol. The van der Waals surface area contributed by atoms with Crippen molar-refractivity contribution in [2.24, 2.45) is 0 Å². The monoisotopic (exact) mass is 233 g/mol. The van der Waals surface area contributed by atoms with Crippen LogP contribution in [-0.4, -0.2) is 30.8 Å². The van der Waals surface area contributed by atoms with Gasteiger partial charge in [-0.15, -0.1) is 0 Å². The number of nitrogens with zero attached hydrogens (tertiary/aromatic N) is 1. The highest BCUT2D eigenvalue weighted by Crippen LogP contribution is 2.28. The van der Waals surface area contributed by atoms with Gasteiger partial charge in [-0.25, -0.2) is 0 Å². The summed E-state index contributed by atoms with van der Waals surface area (Å²) in [6, 6.07) is 5.60. The molecule has 2 rings (SSSR count). The molecule has 0 aliphatic carbocycles. The van der Waals surface area contributed by atoms with Crippen molar-refractivity contribution < 1.29 is 10.0 Å². The Bertz CT molecular complexity index is 416. The first-order chi connectivity index (χ1) is 8.11. The lowest BCUT2D eigenvalue weighted by Gasteiger charge is -2.28. The van der Waals surface area contributed by atoms with E-state index < -0.39 is 7.12 Å².